The average Bonchev–Trinajstić information content (AvgIpc) is 2.56. The van der Waals surface area contributed by atoms with Crippen LogP contribution in [0.1, 0.15) is 0 Å². The van der Waals surface area contributed by atoms with Gasteiger partial charge in [-0.1, -0.05) is 0 Å². The second-order valence-corrected chi connectivity index (χ2v) is 4.98. The zero-order valence-corrected chi connectivity index (χ0v) is 12.8. The number of hydrogen-bond acceptors (Lipinski definition) is 6. The summed E-state index contributed by atoms with van der Waals surface area (Å²) in [6.45, 7) is 0. The number of methoxy groups -OCH3 is 1. The molecule has 0 saturated carbocycles. The normalized spacial score (nSPS) is 10.5. The van der Waals surface area contributed by atoms with Crippen LogP contribution in [0.4, 0.5) is 5.69 Å². The van der Waals surface area contributed by atoms with Gasteiger partial charge < -0.3 is 14.2 Å². The molecule has 0 bridgehead atoms. The van der Waals surface area contributed by atoms with E-state index in [1.807, 2.05) is 48.5 Å². The van der Waals surface area contributed by atoms with Crippen LogP contribution in [0.5, 0.6) is 17.2 Å². The summed E-state index contributed by atoms with van der Waals surface area (Å²) in [4.78, 5) is 4.34. The molecule has 112 valence electrons. The highest BCUT2D eigenvalue weighted by Gasteiger charge is 2.06. The number of anilines is 1. The van der Waals surface area contributed by atoms with Gasteiger partial charge in [0, 0.05) is 35.5 Å². The maximum atomic E-state index is 5.95. The van der Waals surface area contributed by atoms with Crippen LogP contribution in [0.3, 0.4) is 0 Å². The molecule has 0 atom stereocenters. The number of aromatic nitrogens is 1. The molecule has 0 saturated heterocycles. The van der Waals surface area contributed by atoms with Crippen LogP contribution in [0.2, 0.25) is 0 Å². The number of ether oxygens (including phenoxy) is 2. The molecule has 3 rings (SSSR count). The molecule has 0 fully saturated rings. The smallest absolute Gasteiger partial charge is 0.138 e. The summed E-state index contributed by atoms with van der Waals surface area (Å²) in [5.41, 5.74) is 1.75. The van der Waals surface area contributed by atoms with E-state index >= 15 is 0 Å². The SMILES string of the molecule is COc1ccc2c(Oc3ccc(NSN)cc3)ccnc2c1. The second kappa shape index (κ2) is 6.55. The van der Waals surface area contributed by atoms with Crippen molar-refractivity contribution >= 4 is 28.7 Å². The van der Waals surface area contributed by atoms with Crippen LogP contribution in [-0.4, -0.2) is 12.1 Å². The molecule has 0 aliphatic rings. The number of hydrogen-bond donors (Lipinski definition) is 2. The zero-order valence-electron chi connectivity index (χ0n) is 11.9. The molecule has 3 N–H and O–H groups in total. The van der Waals surface area contributed by atoms with Crippen LogP contribution in [-0.2, 0) is 0 Å². The minimum absolute atomic E-state index is 0.746. The number of nitrogens with two attached hydrogens (primary N) is 1. The highest BCUT2D eigenvalue weighted by atomic mass is 32.2. The zero-order chi connectivity index (χ0) is 15.4. The third-order valence-corrected chi connectivity index (χ3v) is 3.52. The van der Waals surface area contributed by atoms with Crippen molar-refractivity contribution in [2.24, 2.45) is 5.14 Å². The van der Waals surface area contributed by atoms with Gasteiger partial charge in [-0.2, -0.15) is 0 Å². The van der Waals surface area contributed by atoms with Crippen LogP contribution < -0.4 is 19.3 Å². The summed E-state index contributed by atoms with van der Waals surface area (Å²) in [6, 6.07) is 15.1. The molecule has 1 aromatic heterocycles. The minimum Gasteiger partial charge on any atom is -0.497 e. The summed E-state index contributed by atoms with van der Waals surface area (Å²) < 4.78 is 14.1. The van der Waals surface area contributed by atoms with Crippen LogP contribution in [0.15, 0.2) is 54.7 Å². The van der Waals surface area contributed by atoms with Gasteiger partial charge in [-0.25, -0.2) is 0 Å². The fraction of sp³-hybridized carbons (Fsp3) is 0.0625. The monoisotopic (exact) mass is 313 g/mol. The number of nitrogens with zero attached hydrogens (tertiary/aromatic N) is 1. The molecule has 0 aliphatic carbocycles. The van der Waals surface area contributed by atoms with Gasteiger partial charge in [0.1, 0.15) is 17.2 Å². The molecule has 2 aromatic carbocycles. The first-order valence-electron chi connectivity index (χ1n) is 6.62. The maximum Gasteiger partial charge on any atom is 0.138 e. The van der Waals surface area contributed by atoms with E-state index in [0.29, 0.717) is 0 Å². The van der Waals surface area contributed by atoms with Gasteiger partial charge in [0.2, 0.25) is 0 Å². The Kier molecular flexibility index (Phi) is 4.32. The fourth-order valence-corrected chi connectivity index (χ4v) is 2.38. The molecule has 0 aliphatic heterocycles. The Morgan fingerprint density at radius 2 is 1.82 bits per heavy atom. The van der Waals surface area contributed by atoms with Gasteiger partial charge in [0.25, 0.3) is 0 Å². The first kappa shape index (κ1) is 14.5. The summed E-state index contributed by atoms with van der Waals surface area (Å²) >= 11 is 1.06. The third-order valence-electron chi connectivity index (χ3n) is 3.17. The molecule has 22 heavy (non-hydrogen) atoms. The summed E-state index contributed by atoms with van der Waals surface area (Å²) in [5, 5.41) is 6.30. The first-order valence-corrected chi connectivity index (χ1v) is 7.50. The van der Waals surface area contributed by atoms with Gasteiger partial charge in [0.05, 0.1) is 12.6 Å². The Labute approximate surface area is 132 Å². The van der Waals surface area contributed by atoms with Crippen molar-refractivity contribution in [1.29, 1.82) is 0 Å². The average molecular weight is 313 g/mol. The van der Waals surface area contributed by atoms with Crippen molar-refractivity contribution < 1.29 is 9.47 Å². The topological polar surface area (TPSA) is 69.4 Å². The van der Waals surface area contributed by atoms with Crippen LogP contribution in [0, 0.1) is 0 Å². The maximum absolute atomic E-state index is 5.95. The molecular weight excluding hydrogens is 298 g/mol. The van der Waals surface area contributed by atoms with Crippen molar-refractivity contribution in [3.8, 4) is 17.2 Å². The van der Waals surface area contributed by atoms with Gasteiger partial charge in [-0.3, -0.25) is 10.1 Å². The predicted octanol–water partition coefficient (Wildman–Crippen LogP) is 3.97. The molecule has 1 heterocycles. The Morgan fingerprint density at radius 1 is 1.05 bits per heavy atom. The second-order valence-electron chi connectivity index (χ2n) is 4.54. The predicted molar refractivity (Wildman–Crippen MR) is 90.2 cm³/mol. The Hall–Kier alpha value is -2.44. The summed E-state index contributed by atoms with van der Waals surface area (Å²) in [7, 11) is 1.64. The van der Waals surface area contributed by atoms with Gasteiger partial charge >= 0.3 is 0 Å². The number of rotatable bonds is 5. The van der Waals surface area contributed by atoms with Crippen LogP contribution in [0.25, 0.3) is 10.9 Å². The Balaban J connectivity index is 1.90. The van der Waals surface area contributed by atoms with Crippen molar-refractivity contribution in [3.63, 3.8) is 0 Å². The summed E-state index contributed by atoms with van der Waals surface area (Å²) in [6.07, 6.45) is 1.72. The lowest BCUT2D eigenvalue weighted by Crippen LogP contribution is -1.92. The fourth-order valence-electron chi connectivity index (χ4n) is 2.10. The van der Waals surface area contributed by atoms with Crippen molar-refractivity contribution in [2.45, 2.75) is 0 Å². The molecule has 0 unspecified atom stereocenters. The molecule has 3 aromatic rings. The lowest BCUT2D eigenvalue weighted by molar-refractivity contribution is 0.415. The Morgan fingerprint density at radius 3 is 2.55 bits per heavy atom. The minimum atomic E-state index is 0.746. The summed E-state index contributed by atoms with van der Waals surface area (Å²) in [5.74, 6) is 2.27. The number of pyridine rings is 1. The molecule has 0 amide bonds. The largest absolute Gasteiger partial charge is 0.497 e. The quantitative estimate of drug-likeness (QED) is 0.695. The highest BCUT2D eigenvalue weighted by molar-refractivity contribution is 7.98. The van der Waals surface area contributed by atoms with E-state index in [1.165, 1.54) is 0 Å². The van der Waals surface area contributed by atoms with Crippen molar-refractivity contribution in [3.05, 3.63) is 54.7 Å². The third kappa shape index (κ3) is 3.08. The lowest BCUT2D eigenvalue weighted by atomic mass is 10.2. The van der Waals surface area contributed by atoms with E-state index in [9.17, 15) is 0 Å². The number of nitrogens with one attached hydrogen (secondary N) is 1. The van der Waals surface area contributed by atoms with Gasteiger partial charge in [-0.15, -0.1) is 0 Å². The van der Waals surface area contributed by atoms with Crippen molar-refractivity contribution in [2.75, 3.05) is 11.8 Å². The van der Waals surface area contributed by atoms with Crippen molar-refractivity contribution in [1.82, 2.24) is 4.98 Å². The van der Waals surface area contributed by atoms with E-state index < -0.39 is 0 Å². The van der Waals surface area contributed by atoms with Gasteiger partial charge in [-0.05, 0) is 42.5 Å². The van der Waals surface area contributed by atoms with E-state index in [-0.39, 0.29) is 0 Å². The molecular formula is C16H15N3O2S. The standard InChI is InChI=1S/C16H15N3O2S/c1-20-13-6-7-14-15(10-13)18-9-8-16(14)21-12-4-2-11(3-5-12)19-22-17/h2-10,19H,17H2,1H3. The van der Waals surface area contributed by atoms with E-state index in [4.69, 9.17) is 14.6 Å². The number of fused-ring (bicyclic) bond motifs is 1. The number of benzene rings is 2. The van der Waals surface area contributed by atoms with E-state index in [1.54, 1.807) is 13.3 Å². The highest BCUT2D eigenvalue weighted by Crippen LogP contribution is 2.31. The van der Waals surface area contributed by atoms with E-state index in [2.05, 4.69) is 9.71 Å². The molecule has 0 radical (unpaired) electrons. The Bertz CT molecular complexity index is 778. The van der Waals surface area contributed by atoms with E-state index in [0.717, 1.165) is 46.0 Å². The molecule has 6 heteroatoms. The molecule has 0 spiro atoms. The van der Waals surface area contributed by atoms with Gasteiger partial charge in [0.15, 0.2) is 0 Å². The van der Waals surface area contributed by atoms with Crippen LogP contribution >= 0.6 is 12.1 Å². The molecule has 5 nitrogen and oxygen atoms in total. The first-order chi connectivity index (χ1) is 10.8. The lowest BCUT2D eigenvalue weighted by Gasteiger charge is -2.10.